The van der Waals surface area contributed by atoms with Crippen molar-refractivity contribution in [1.82, 2.24) is 0 Å². The fourth-order valence-corrected chi connectivity index (χ4v) is 2.44. The van der Waals surface area contributed by atoms with Gasteiger partial charge in [-0.3, -0.25) is 0 Å². The molecule has 2 N–H and O–H groups in total. The third kappa shape index (κ3) is 2.75. The molecule has 1 heterocycles. The Morgan fingerprint density at radius 1 is 1.59 bits per heavy atom. The van der Waals surface area contributed by atoms with E-state index in [1.807, 2.05) is 0 Å². The first kappa shape index (κ1) is 12.7. The number of hydrogen-bond acceptors (Lipinski definition) is 3. The molecule has 1 unspecified atom stereocenters. The number of nitrogens with two attached hydrogens (primary N) is 1. The third-order valence-electron chi connectivity index (χ3n) is 2.49. The molecule has 1 saturated heterocycles. The quantitative estimate of drug-likeness (QED) is 0.869. The van der Waals surface area contributed by atoms with Crippen LogP contribution in [0.15, 0.2) is 16.6 Å². The van der Waals surface area contributed by atoms with Crippen molar-refractivity contribution < 1.29 is 13.9 Å². The van der Waals surface area contributed by atoms with Gasteiger partial charge in [-0.15, -0.1) is 0 Å². The van der Waals surface area contributed by atoms with Crippen LogP contribution in [0, 0.1) is 5.82 Å². The average molecular weight is 320 g/mol. The maximum Gasteiger partial charge on any atom is 0.179 e. The van der Waals surface area contributed by atoms with Gasteiger partial charge < -0.3 is 15.2 Å². The van der Waals surface area contributed by atoms with Gasteiger partial charge in [0.05, 0.1) is 17.7 Å². The van der Waals surface area contributed by atoms with Crippen LogP contribution in [0.4, 0.5) is 4.39 Å². The lowest BCUT2D eigenvalue weighted by Crippen LogP contribution is -2.17. The Morgan fingerprint density at radius 3 is 2.94 bits per heavy atom. The van der Waals surface area contributed by atoms with Gasteiger partial charge in [-0.25, -0.2) is 4.39 Å². The first-order valence-electron chi connectivity index (χ1n) is 5.12. The minimum atomic E-state index is -0.484. The molecule has 0 aromatic heterocycles. The van der Waals surface area contributed by atoms with Gasteiger partial charge >= 0.3 is 0 Å². The summed E-state index contributed by atoms with van der Waals surface area (Å²) in [5.74, 6) is -0.297. The van der Waals surface area contributed by atoms with E-state index in [1.165, 1.54) is 6.07 Å². The van der Waals surface area contributed by atoms with Gasteiger partial charge in [0.2, 0.25) is 0 Å². The van der Waals surface area contributed by atoms with Gasteiger partial charge in [0.25, 0.3) is 0 Å². The van der Waals surface area contributed by atoms with Crippen LogP contribution in [-0.2, 0) is 4.74 Å². The minimum Gasteiger partial charge on any atom is -0.485 e. The van der Waals surface area contributed by atoms with E-state index in [1.54, 1.807) is 6.07 Å². The first-order valence-corrected chi connectivity index (χ1v) is 6.32. The molecule has 0 spiro atoms. The van der Waals surface area contributed by atoms with Gasteiger partial charge in [-0.1, -0.05) is 12.2 Å². The second kappa shape index (κ2) is 5.29. The predicted molar refractivity (Wildman–Crippen MR) is 69.8 cm³/mol. The second-order valence-corrected chi connectivity index (χ2v) is 4.94. The predicted octanol–water partition coefficient (Wildman–Crippen LogP) is 2.39. The molecule has 0 amide bonds. The zero-order chi connectivity index (χ0) is 12.4. The Balaban J connectivity index is 2.23. The SMILES string of the molecule is NC(=S)c1ccc(OC2CCOC2)c(F)c1Br. The van der Waals surface area contributed by atoms with Crippen LogP contribution in [0.1, 0.15) is 12.0 Å². The fraction of sp³-hybridized carbons (Fsp3) is 0.364. The smallest absolute Gasteiger partial charge is 0.179 e. The highest BCUT2D eigenvalue weighted by Gasteiger charge is 2.21. The highest BCUT2D eigenvalue weighted by atomic mass is 79.9. The summed E-state index contributed by atoms with van der Waals surface area (Å²) in [6.45, 7) is 1.15. The van der Waals surface area contributed by atoms with Crippen LogP contribution in [-0.4, -0.2) is 24.3 Å². The van der Waals surface area contributed by atoms with E-state index in [2.05, 4.69) is 15.9 Å². The molecule has 1 atom stereocenters. The zero-order valence-electron chi connectivity index (χ0n) is 8.91. The molecule has 1 aliphatic heterocycles. The summed E-state index contributed by atoms with van der Waals surface area (Å²) >= 11 is 7.94. The lowest BCUT2D eigenvalue weighted by atomic mass is 10.2. The molecule has 0 aliphatic carbocycles. The topological polar surface area (TPSA) is 44.5 Å². The standard InChI is InChI=1S/C11H11BrFNO2S/c12-9-7(11(14)17)1-2-8(10(9)13)16-6-3-4-15-5-6/h1-2,6H,3-5H2,(H2,14,17). The van der Waals surface area contributed by atoms with E-state index in [0.29, 0.717) is 18.8 Å². The van der Waals surface area contributed by atoms with Gasteiger partial charge in [0.1, 0.15) is 11.1 Å². The van der Waals surface area contributed by atoms with Crippen molar-refractivity contribution in [2.45, 2.75) is 12.5 Å². The van der Waals surface area contributed by atoms with Crippen molar-refractivity contribution in [2.24, 2.45) is 5.73 Å². The number of halogens is 2. The van der Waals surface area contributed by atoms with Crippen LogP contribution in [0.5, 0.6) is 5.75 Å². The summed E-state index contributed by atoms with van der Waals surface area (Å²) in [5, 5.41) is 0. The number of ether oxygens (including phenoxy) is 2. The lowest BCUT2D eigenvalue weighted by Gasteiger charge is -2.14. The van der Waals surface area contributed by atoms with Crippen molar-refractivity contribution in [3.63, 3.8) is 0 Å². The van der Waals surface area contributed by atoms with Gasteiger partial charge in [0, 0.05) is 12.0 Å². The van der Waals surface area contributed by atoms with E-state index < -0.39 is 5.82 Å². The number of thiocarbonyl (C=S) groups is 1. The Labute approximate surface area is 112 Å². The summed E-state index contributed by atoms with van der Waals surface area (Å²) in [7, 11) is 0. The average Bonchev–Trinajstić information content (AvgIpc) is 2.77. The van der Waals surface area contributed by atoms with Crippen molar-refractivity contribution in [1.29, 1.82) is 0 Å². The number of hydrogen-bond donors (Lipinski definition) is 1. The molecule has 17 heavy (non-hydrogen) atoms. The van der Waals surface area contributed by atoms with Crippen molar-refractivity contribution in [3.05, 3.63) is 28.0 Å². The molecular weight excluding hydrogens is 309 g/mol. The van der Waals surface area contributed by atoms with Crippen LogP contribution in [0.2, 0.25) is 0 Å². The third-order valence-corrected chi connectivity index (χ3v) is 3.49. The van der Waals surface area contributed by atoms with E-state index in [4.69, 9.17) is 27.4 Å². The lowest BCUT2D eigenvalue weighted by molar-refractivity contribution is 0.138. The highest BCUT2D eigenvalue weighted by molar-refractivity contribution is 9.10. The molecule has 92 valence electrons. The van der Waals surface area contributed by atoms with E-state index >= 15 is 0 Å². The van der Waals surface area contributed by atoms with Crippen molar-refractivity contribution in [3.8, 4) is 5.75 Å². The summed E-state index contributed by atoms with van der Waals surface area (Å²) in [6.07, 6.45) is 0.681. The molecule has 1 aliphatic rings. The molecular formula is C11H11BrFNO2S. The van der Waals surface area contributed by atoms with Crippen LogP contribution in [0.25, 0.3) is 0 Å². The summed E-state index contributed by atoms with van der Waals surface area (Å²) in [5.41, 5.74) is 5.94. The Morgan fingerprint density at radius 2 is 2.35 bits per heavy atom. The van der Waals surface area contributed by atoms with Crippen LogP contribution < -0.4 is 10.5 Å². The number of benzene rings is 1. The monoisotopic (exact) mass is 319 g/mol. The van der Waals surface area contributed by atoms with Gasteiger partial charge in [-0.2, -0.15) is 0 Å². The first-order chi connectivity index (χ1) is 8.09. The normalized spacial score (nSPS) is 19.3. The van der Waals surface area contributed by atoms with Gasteiger partial charge in [0.15, 0.2) is 11.6 Å². The molecule has 0 radical (unpaired) electrons. The highest BCUT2D eigenvalue weighted by Crippen LogP contribution is 2.30. The summed E-state index contributed by atoms with van der Waals surface area (Å²) in [6, 6.07) is 3.17. The van der Waals surface area contributed by atoms with Gasteiger partial charge in [-0.05, 0) is 28.1 Å². The minimum absolute atomic E-state index is 0.0907. The van der Waals surface area contributed by atoms with E-state index in [0.717, 1.165) is 6.42 Å². The van der Waals surface area contributed by atoms with Crippen LogP contribution in [0.3, 0.4) is 0 Å². The molecule has 0 bridgehead atoms. The molecule has 1 aromatic carbocycles. The van der Waals surface area contributed by atoms with Crippen LogP contribution >= 0.6 is 28.1 Å². The van der Waals surface area contributed by atoms with E-state index in [-0.39, 0.29) is 21.3 Å². The summed E-state index contributed by atoms with van der Waals surface area (Å²) < 4.78 is 24.9. The maximum atomic E-state index is 13.9. The molecule has 1 aromatic rings. The summed E-state index contributed by atoms with van der Waals surface area (Å²) in [4.78, 5) is 0.145. The molecule has 3 nitrogen and oxygen atoms in total. The largest absolute Gasteiger partial charge is 0.485 e. The van der Waals surface area contributed by atoms with E-state index in [9.17, 15) is 4.39 Å². The Kier molecular flexibility index (Phi) is 3.96. The number of rotatable bonds is 3. The molecule has 6 heteroatoms. The Bertz CT molecular complexity index is 449. The van der Waals surface area contributed by atoms with Crippen molar-refractivity contribution in [2.75, 3.05) is 13.2 Å². The molecule has 0 saturated carbocycles. The maximum absolute atomic E-state index is 13.9. The molecule has 1 fully saturated rings. The fourth-order valence-electron chi connectivity index (χ4n) is 1.60. The second-order valence-electron chi connectivity index (χ2n) is 3.71. The van der Waals surface area contributed by atoms with Crippen molar-refractivity contribution >= 4 is 33.1 Å². The molecule has 2 rings (SSSR count). The Hall–Kier alpha value is -0.720. The zero-order valence-corrected chi connectivity index (χ0v) is 11.3.